The molecule has 2 rings (SSSR count). The number of nitrogens with zero attached hydrogens (tertiary/aromatic N) is 1. The standard InChI is InChI=1S/C16H23NO2/c1-17(14-9-4-2-3-5-10-14)16(19)12-13-8-6-7-11-15(13)18/h6-8,11,14,18H,2-5,9-10,12H2,1H3. The van der Waals surface area contributed by atoms with Gasteiger partial charge in [-0.25, -0.2) is 0 Å². The number of aromatic hydroxyl groups is 1. The average molecular weight is 261 g/mol. The molecule has 1 saturated carbocycles. The number of phenols is 1. The Hall–Kier alpha value is -1.51. The monoisotopic (exact) mass is 261 g/mol. The van der Waals surface area contributed by atoms with Crippen LogP contribution in [0.25, 0.3) is 0 Å². The van der Waals surface area contributed by atoms with Crippen LogP contribution in [0.15, 0.2) is 24.3 Å². The highest BCUT2D eigenvalue weighted by Crippen LogP contribution is 2.23. The van der Waals surface area contributed by atoms with Crippen LogP contribution >= 0.6 is 0 Å². The highest BCUT2D eigenvalue weighted by molar-refractivity contribution is 5.79. The summed E-state index contributed by atoms with van der Waals surface area (Å²) < 4.78 is 0. The van der Waals surface area contributed by atoms with Gasteiger partial charge in [0.25, 0.3) is 0 Å². The summed E-state index contributed by atoms with van der Waals surface area (Å²) in [6, 6.07) is 7.45. The Morgan fingerprint density at radius 2 is 1.84 bits per heavy atom. The summed E-state index contributed by atoms with van der Waals surface area (Å²) in [4.78, 5) is 14.2. The second kappa shape index (κ2) is 6.60. The number of carbonyl (C=O) groups is 1. The Balaban J connectivity index is 1.97. The van der Waals surface area contributed by atoms with Gasteiger partial charge in [-0.15, -0.1) is 0 Å². The molecule has 3 heteroatoms. The lowest BCUT2D eigenvalue weighted by atomic mass is 10.1. The van der Waals surface area contributed by atoms with Crippen LogP contribution < -0.4 is 0 Å². The topological polar surface area (TPSA) is 40.5 Å². The highest BCUT2D eigenvalue weighted by atomic mass is 16.3. The zero-order chi connectivity index (χ0) is 13.7. The van der Waals surface area contributed by atoms with E-state index in [1.165, 1.54) is 25.7 Å². The molecule has 19 heavy (non-hydrogen) atoms. The molecule has 0 radical (unpaired) electrons. The van der Waals surface area contributed by atoms with E-state index in [2.05, 4.69) is 0 Å². The number of amides is 1. The summed E-state index contributed by atoms with van der Waals surface area (Å²) >= 11 is 0. The van der Waals surface area contributed by atoms with Crippen LogP contribution in [0.3, 0.4) is 0 Å². The second-order valence-electron chi connectivity index (χ2n) is 5.46. The summed E-state index contributed by atoms with van der Waals surface area (Å²) in [6.45, 7) is 0. The smallest absolute Gasteiger partial charge is 0.227 e. The van der Waals surface area contributed by atoms with E-state index in [0.717, 1.165) is 12.8 Å². The van der Waals surface area contributed by atoms with Crippen LogP contribution in [-0.2, 0) is 11.2 Å². The molecule has 0 aromatic heterocycles. The van der Waals surface area contributed by atoms with Gasteiger partial charge in [0.2, 0.25) is 5.91 Å². The third-order valence-electron chi connectivity index (χ3n) is 4.10. The molecule has 1 aromatic rings. The van der Waals surface area contributed by atoms with Crippen molar-refractivity contribution in [3.8, 4) is 5.75 Å². The van der Waals surface area contributed by atoms with Crippen LogP contribution in [0.4, 0.5) is 0 Å². The molecule has 0 heterocycles. The minimum absolute atomic E-state index is 0.105. The molecule has 3 nitrogen and oxygen atoms in total. The van der Waals surface area contributed by atoms with E-state index in [-0.39, 0.29) is 11.7 Å². The van der Waals surface area contributed by atoms with Crippen molar-refractivity contribution in [1.82, 2.24) is 4.90 Å². The van der Waals surface area contributed by atoms with E-state index in [1.807, 2.05) is 24.1 Å². The van der Waals surface area contributed by atoms with Gasteiger partial charge in [-0.1, -0.05) is 43.9 Å². The van der Waals surface area contributed by atoms with E-state index in [0.29, 0.717) is 18.0 Å². The fourth-order valence-electron chi connectivity index (χ4n) is 2.80. The number of benzene rings is 1. The van der Waals surface area contributed by atoms with Crippen LogP contribution in [0.2, 0.25) is 0 Å². The predicted octanol–water partition coefficient (Wildman–Crippen LogP) is 3.12. The largest absolute Gasteiger partial charge is 0.508 e. The number of hydrogen-bond donors (Lipinski definition) is 1. The molecule has 0 unspecified atom stereocenters. The molecular weight excluding hydrogens is 238 g/mol. The summed E-state index contributed by atoms with van der Waals surface area (Å²) in [6.07, 6.45) is 7.54. The molecule has 0 atom stereocenters. The van der Waals surface area contributed by atoms with Crippen molar-refractivity contribution in [1.29, 1.82) is 0 Å². The number of rotatable bonds is 3. The molecule has 104 valence electrons. The number of likely N-dealkylation sites (N-methyl/N-ethyl adjacent to an activating group) is 1. The van der Waals surface area contributed by atoms with Gasteiger partial charge in [0, 0.05) is 18.7 Å². The van der Waals surface area contributed by atoms with E-state index >= 15 is 0 Å². The third-order valence-corrected chi connectivity index (χ3v) is 4.10. The van der Waals surface area contributed by atoms with Crippen molar-refractivity contribution >= 4 is 5.91 Å². The molecule has 0 spiro atoms. The first kappa shape index (κ1) is 13.9. The average Bonchev–Trinajstić information content (AvgIpc) is 2.69. The summed E-state index contributed by atoms with van der Waals surface area (Å²) in [5.74, 6) is 0.318. The van der Waals surface area contributed by atoms with Crippen LogP contribution in [0.1, 0.15) is 44.1 Å². The SMILES string of the molecule is CN(C(=O)Cc1ccccc1O)C1CCCCCC1. The molecule has 1 aliphatic carbocycles. The molecule has 1 fully saturated rings. The third kappa shape index (κ3) is 3.72. The van der Waals surface area contributed by atoms with Gasteiger partial charge in [0.15, 0.2) is 0 Å². The molecule has 1 N–H and O–H groups in total. The maximum Gasteiger partial charge on any atom is 0.227 e. The lowest BCUT2D eigenvalue weighted by Gasteiger charge is -2.27. The van der Waals surface area contributed by atoms with Gasteiger partial charge in [0.05, 0.1) is 6.42 Å². The van der Waals surface area contributed by atoms with Crippen molar-refractivity contribution in [3.63, 3.8) is 0 Å². The Labute approximate surface area is 115 Å². The maximum absolute atomic E-state index is 12.3. The van der Waals surface area contributed by atoms with Crippen molar-refractivity contribution in [2.75, 3.05) is 7.05 Å². The molecule has 1 aromatic carbocycles. The Bertz CT molecular complexity index is 423. The second-order valence-corrected chi connectivity index (χ2v) is 5.46. The molecular formula is C16H23NO2. The van der Waals surface area contributed by atoms with E-state index in [1.54, 1.807) is 12.1 Å². The van der Waals surface area contributed by atoms with Gasteiger partial charge in [0.1, 0.15) is 5.75 Å². The first-order chi connectivity index (χ1) is 9.18. The van der Waals surface area contributed by atoms with Gasteiger partial charge < -0.3 is 10.0 Å². The molecule has 0 saturated heterocycles. The van der Waals surface area contributed by atoms with Crippen molar-refractivity contribution in [2.45, 2.75) is 51.0 Å². The quantitative estimate of drug-likeness (QED) is 0.849. The molecule has 0 bridgehead atoms. The van der Waals surface area contributed by atoms with Gasteiger partial charge in [-0.2, -0.15) is 0 Å². The number of carbonyl (C=O) groups excluding carboxylic acids is 1. The molecule has 0 aliphatic heterocycles. The van der Waals surface area contributed by atoms with Gasteiger partial charge >= 0.3 is 0 Å². The van der Waals surface area contributed by atoms with E-state index in [9.17, 15) is 9.90 Å². The minimum atomic E-state index is 0.105. The van der Waals surface area contributed by atoms with Gasteiger partial charge in [-0.3, -0.25) is 4.79 Å². The van der Waals surface area contributed by atoms with Crippen LogP contribution in [0, 0.1) is 0 Å². The predicted molar refractivity (Wildman–Crippen MR) is 76.1 cm³/mol. The number of hydrogen-bond acceptors (Lipinski definition) is 2. The highest BCUT2D eigenvalue weighted by Gasteiger charge is 2.21. The zero-order valence-electron chi connectivity index (χ0n) is 11.6. The fraction of sp³-hybridized carbons (Fsp3) is 0.562. The fourth-order valence-corrected chi connectivity index (χ4v) is 2.80. The Morgan fingerprint density at radius 1 is 1.21 bits per heavy atom. The normalized spacial score (nSPS) is 16.9. The van der Waals surface area contributed by atoms with Crippen molar-refractivity contribution in [2.24, 2.45) is 0 Å². The summed E-state index contributed by atoms with van der Waals surface area (Å²) in [5.41, 5.74) is 0.716. The zero-order valence-corrected chi connectivity index (χ0v) is 11.6. The summed E-state index contributed by atoms with van der Waals surface area (Å²) in [5, 5.41) is 9.73. The Kier molecular flexibility index (Phi) is 4.83. The lowest BCUT2D eigenvalue weighted by molar-refractivity contribution is -0.131. The maximum atomic E-state index is 12.3. The number of phenolic OH excluding ortho intramolecular Hbond substituents is 1. The summed E-state index contributed by atoms with van der Waals surface area (Å²) in [7, 11) is 1.90. The van der Waals surface area contributed by atoms with Gasteiger partial charge in [-0.05, 0) is 18.9 Å². The number of para-hydroxylation sites is 1. The van der Waals surface area contributed by atoms with E-state index < -0.39 is 0 Å². The van der Waals surface area contributed by atoms with E-state index in [4.69, 9.17) is 0 Å². The van der Waals surface area contributed by atoms with Crippen LogP contribution in [-0.4, -0.2) is 29.0 Å². The minimum Gasteiger partial charge on any atom is -0.508 e. The molecule has 1 aliphatic rings. The van der Waals surface area contributed by atoms with Crippen molar-refractivity contribution in [3.05, 3.63) is 29.8 Å². The van der Waals surface area contributed by atoms with Crippen LogP contribution in [0.5, 0.6) is 5.75 Å². The lowest BCUT2D eigenvalue weighted by Crippen LogP contribution is -2.37. The first-order valence-electron chi connectivity index (χ1n) is 7.21. The van der Waals surface area contributed by atoms with Crippen molar-refractivity contribution < 1.29 is 9.90 Å². The molecule has 1 amide bonds. The Morgan fingerprint density at radius 3 is 2.47 bits per heavy atom. The first-order valence-corrected chi connectivity index (χ1v) is 7.21.